The maximum atomic E-state index is 5.30. The summed E-state index contributed by atoms with van der Waals surface area (Å²) < 4.78 is 10.6. The molecule has 7 heteroatoms. The highest BCUT2D eigenvalue weighted by Crippen LogP contribution is 2.18. The number of nitrogens with zero attached hydrogens (tertiary/aromatic N) is 3. The summed E-state index contributed by atoms with van der Waals surface area (Å²) in [5, 5.41) is 10.4. The van der Waals surface area contributed by atoms with Gasteiger partial charge in [0.25, 0.3) is 5.89 Å². The molecule has 1 aromatic heterocycles. The second-order valence-electron chi connectivity index (χ2n) is 5.44. The normalized spacial score (nSPS) is 11.6. The van der Waals surface area contributed by atoms with Crippen LogP contribution in [0.1, 0.15) is 25.2 Å². The lowest BCUT2D eigenvalue weighted by Crippen LogP contribution is -2.39. The molecule has 0 radical (unpaired) electrons. The Morgan fingerprint density at radius 3 is 2.56 bits per heavy atom. The van der Waals surface area contributed by atoms with Gasteiger partial charge in [-0.25, -0.2) is 0 Å². The van der Waals surface area contributed by atoms with Crippen molar-refractivity contribution in [3.8, 4) is 11.5 Å². The topological polar surface area (TPSA) is 84.6 Å². The molecule has 0 spiro atoms. The van der Waals surface area contributed by atoms with Crippen LogP contribution in [-0.2, 0) is 17.6 Å². The summed E-state index contributed by atoms with van der Waals surface area (Å²) in [4.78, 5) is 8.53. The van der Waals surface area contributed by atoms with Gasteiger partial charge in [0.2, 0.25) is 0 Å². The molecule has 0 bridgehead atoms. The Labute approximate surface area is 148 Å². The molecule has 7 nitrogen and oxygen atoms in total. The van der Waals surface area contributed by atoms with Gasteiger partial charge in [-0.05, 0) is 31.0 Å². The van der Waals surface area contributed by atoms with E-state index < -0.39 is 0 Å². The van der Waals surface area contributed by atoms with Gasteiger partial charge in [0.1, 0.15) is 0 Å². The van der Waals surface area contributed by atoms with Crippen LogP contribution in [0, 0.1) is 0 Å². The third-order valence-electron chi connectivity index (χ3n) is 3.66. The largest absolute Gasteiger partial charge is 0.380 e. The highest BCUT2D eigenvalue weighted by molar-refractivity contribution is 5.79. The Hall–Kier alpha value is -2.41. The SMILES string of the molecule is CCOCCNC(=NC)NCCc1ccc(-c2nc(CC)no2)cc1. The lowest BCUT2D eigenvalue weighted by Gasteiger charge is -2.11. The van der Waals surface area contributed by atoms with E-state index in [1.54, 1.807) is 7.05 Å². The molecular formula is C18H27N5O2. The summed E-state index contributed by atoms with van der Waals surface area (Å²) in [5.41, 5.74) is 2.17. The van der Waals surface area contributed by atoms with Crippen molar-refractivity contribution in [3.05, 3.63) is 35.7 Å². The van der Waals surface area contributed by atoms with Crippen molar-refractivity contribution in [1.29, 1.82) is 0 Å². The molecule has 25 heavy (non-hydrogen) atoms. The van der Waals surface area contributed by atoms with Crippen molar-refractivity contribution in [2.75, 3.05) is 33.4 Å². The molecule has 0 aliphatic rings. The number of nitrogens with one attached hydrogen (secondary N) is 2. The lowest BCUT2D eigenvalue weighted by molar-refractivity contribution is 0.152. The fourth-order valence-corrected chi connectivity index (χ4v) is 2.26. The van der Waals surface area contributed by atoms with Gasteiger partial charge in [0.15, 0.2) is 11.8 Å². The molecule has 0 unspecified atom stereocenters. The third kappa shape index (κ3) is 6.19. The zero-order chi connectivity index (χ0) is 17.9. The number of aryl methyl sites for hydroxylation is 1. The fraction of sp³-hybridized carbons (Fsp3) is 0.500. The van der Waals surface area contributed by atoms with Gasteiger partial charge in [-0.2, -0.15) is 4.98 Å². The van der Waals surface area contributed by atoms with E-state index in [9.17, 15) is 0 Å². The molecule has 0 aliphatic heterocycles. The van der Waals surface area contributed by atoms with E-state index >= 15 is 0 Å². The van der Waals surface area contributed by atoms with Crippen LogP contribution < -0.4 is 10.6 Å². The quantitative estimate of drug-likeness (QED) is 0.411. The second kappa shape index (κ2) is 10.5. The minimum atomic E-state index is 0.570. The average molecular weight is 345 g/mol. The van der Waals surface area contributed by atoms with Crippen LogP contribution >= 0.6 is 0 Å². The lowest BCUT2D eigenvalue weighted by atomic mass is 10.1. The van der Waals surface area contributed by atoms with Gasteiger partial charge in [0.05, 0.1) is 6.61 Å². The first-order valence-corrected chi connectivity index (χ1v) is 8.71. The van der Waals surface area contributed by atoms with Gasteiger partial charge >= 0.3 is 0 Å². The molecule has 2 rings (SSSR count). The molecule has 0 atom stereocenters. The number of rotatable bonds is 9. The third-order valence-corrected chi connectivity index (χ3v) is 3.66. The van der Waals surface area contributed by atoms with Crippen LogP contribution in [0.2, 0.25) is 0 Å². The molecule has 1 aromatic carbocycles. The van der Waals surface area contributed by atoms with Gasteiger partial charge in [-0.3, -0.25) is 4.99 Å². The molecule has 0 amide bonds. The van der Waals surface area contributed by atoms with E-state index in [-0.39, 0.29) is 0 Å². The molecular weight excluding hydrogens is 318 g/mol. The van der Waals surface area contributed by atoms with E-state index in [4.69, 9.17) is 9.26 Å². The summed E-state index contributed by atoms with van der Waals surface area (Å²) >= 11 is 0. The van der Waals surface area contributed by atoms with Crippen LogP contribution in [-0.4, -0.2) is 49.5 Å². The summed E-state index contributed by atoms with van der Waals surface area (Å²) in [5.74, 6) is 2.08. The molecule has 0 fully saturated rings. The highest BCUT2D eigenvalue weighted by Gasteiger charge is 2.07. The van der Waals surface area contributed by atoms with Gasteiger partial charge in [-0.1, -0.05) is 24.2 Å². The smallest absolute Gasteiger partial charge is 0.257 e. The first-order chi connectivity index (χ1) is 12.3. The van der Waals surface area contributed by atoms with E-state index in [0.717, 1.165) is 49.9 Å². The van der Waals surface area contributed by atoms with E-state index in [2.05, 4.69) is 37.9 Å². The van der Waals surface area contributed by atoms with E-state index in [0.29, 0.717) is 12.5 Å². The molecule has 0 saturated heterocycles. The maximum Gasteiger partial charge on any atom is 0.257 e. The van der Waals surface area contributed by atoms with Crippen molar-refractivity contribution in [3.63, 3.8) is 0 Å². The van der Waals surface area contributed by atoms with Crippen LogP contribution in [0.25, 0.3) is 11.5 Å². The Morgan fingerprint density at radius 2 is 1.92 bits per heavy atom. The molecule has 1 heterocycles. The first kappa shape index (κ1) is 18.9. The predicted molar refractivity (Wildman–Crippen MR) is 98.7 cm³/mol. The Balaban J connectivity index is 1.77. The Bertz CT molecular complexity index is 652. The average Bonchev–Trinajstić information content (AvgIpc) is 3.13. The second-order valence-corrected chi connectivity index (χ2v) is 5.44. The maximum absolute atomic E-state index is 5.30. The Morgan fingerprint density at radius 1 is 1.16 bits per heavy atom. The van der Waals surface area contributed by atoms with E-state index in [1.807, 2.05) is 26.0 Å². The van der Waals surface area contributed by atoms with Gasteiger partial charge in [0, 0.05) is 38.7 Å². The number of hydrogen-bond acceptors (Lipinski definition) is 5. The van der Waals surface area contributed by atoms with Crippen LogP contribution in [0.15, 0.2) is 33.8 Å². The molecule has 0 aliphatic carbocycles. The molecule has 2 aromatic rings. The number of aromatic nitrogens is 2. The molecule has 2 N–H and O–H groups in total. The van der Waals surface area contributed by atoms with Crippen LogP contribution in [0.5, 0.6) is 0 Å². The summed E-state index contributed by atoms with van der Waals surface area (Å²) in [7, 11) is 1.76. The van der Waals surface area contributed by atoms with E-state index in [1.165, 1.54) is 5.56 Å². The van der Waals surface area contributed by atoms with Crippen LogP contribution in [0.4, 0.5) is 0 Å². The Kier molecular flexibility index (Phi) is 7.91. The highest BCUT2D eigenvalue weighted by atomic mass is 16.5. The van der Waals surface area contributed by atoms with Crippen molar-refractivity contribution in [2.24, 2.45) is 4.99 Å². The summed E-state index contributed by atoms with van der Waals surface area (Å²) in [6.07, 6.45) is 1.67. The zero-order valence-corrected chi connectivity index (χ0v) is 15.2. The fourth-order valence-electron chi connectivity index (χ4n) is 2.26. The van der Waals surface area contributed by atoms with Gasteiger partial charge in [-0.15, -0.1) is 0 Å². The number of benzene rings is 1. The first-order valence-electron chi connectivity index (χ1n) is 8.71. The van der Waals surface area contributed by atoms with Crippen molar-refractivity contribution < 1.29 is 9.26 Å². The number of guanidine groups is 1. The molecule has 0 saturated carbocycles. The summed E-state index contributed by atoms with van der Waals surface area (Å²) in [6.45, 7) is 6.94. The number of aliphatic imine (C=N–C) groups is 1. The number of ether oxygens (including phenoxy) is 1. The molecule has 136 valence electrons. The zero-order valence-electron chi connectivity index (χ0n) is 15.2. The number of hydrogen-bond donors (Lipinski definition) is 2. The van der Waals surface area contributed by atoms with Crippen molar-refractivity contribution >= 4 is 5.96 Å². The summed E-state index contributed by atoms with van der Waals surface area (Å²) in [6, 6.07) is 8.19. The van der Waals surface area contributed by atoms with Gasteiger partial charge < -0.3 is 19.9 Å². The monoisotopic (exact) mass is 345 g/mol. The standard InChI is InChI=1S/C18H27N5O2/c1-4-16-22-17(25-23-16)15-8-6-14(7-9-15)10-11-20-18(19-3)21-12-13-24-5-2/h6-9H,4-5,10-13H2,1-3H3,(H2,19,20,21). The minimum Gasteiger partial charge on any atom is -0.380 e. The van der Waals surface area contributed by atoms with Crippen molar-refractivity contribution in [2.45, 2.75) is 26.7 Å². The van der Waals surface area contributed by atoms with Crippen molar-refractivity contribution in [1.82, 2.24) is 20.8 Å². The minimum absolute atomic E-state index is 0.570. The predicted octanol–water partition coefficient (Wildman–Crippen LogP) is 2.04. The van der Waals surface area contributed by atoms with Crippen LogP contribution in [0.3, 0.4) is 0 Å².